The van der Waals surface area contributed by atoms with Crippen molar-refractivity contribution in [1.82, 2.24) is 5.32 Å². The standard InChI is InChI=1S/C15H9NO5S/c17-13-12(22-15(20)16-13)7-10-5-6-11(21-10)8-1-3-9(4-2-8)14(18)19/h1-7H,(H,18,19)(H,16,17,20)/p-1/b12-7+. The van der Waals surface area contributed by atoms with Crippen LogP contribution in [0.2, 0.25) is 0 Å². The van der Waals surface area contributed by atoms with Crippen molar-refractivity contribution in [3.63, 3.8) is 0 Å². The maximum atomic E-state index is 11.4. The molecule has 1 N–H and O–H groups in total. The molecular weight excluding hydrogens is 306 g/mol. The van der Waals surface area contributed by atoms with Gasteiger partial charge in [0, 0.05) is 11.6 Å². The first-order chi connectivity index (χ1) is 10.5. The van der Waals surface area contributed by atoms with Crippen LogP contribution in [0.5, 0.6) is 0 Å². The van der Waals surface area contributed by atoms with Gasteiger partial charge in [-0.15, -0.1) is 0 Å². The summed E-state index contributed by atoms with van der Waals surface area (Å²) in [5.74, 6) is -0.755. The number of rotatable bonds is 3. The average molecular weight is 314 g/mol. The second-order valence-electron chi connectivity index (χ2n) is 4.42. The van der Waals surface area contributed by atoms with Crippen molar-refractivity contribution in [2.24, 2.45) is 0 Å². The summed E-state index contributed by atoms with van der Waals surface area (Å²) in [6.45, 7) is 0. The summed E-state index contributed by atoms with van der Waals surface area (Å²) < 4.78 is 5.57. The number of carboxylic acids is 1. The number of carbonyl (C=O) groups excluding carboxylic acids is 3. The smallest absolute Gasteiger partial charge is 0.290 e. The zero-order valence-electron chi connectivity index (χ0n) is 11.0. The maximum absolute atomic E-state index is 11.4. The molecule has 0 atom stereocenters. The van der Waals surface area contributed by atoms with Crippen LogP contribution in [0, 0.1) is 0 Å². The van der Waals surface area contributed by atoms with E-state index in [4.69, 9.17) is 4.42 Å². The first kappa shape index (κ1) is 14.2. The van der Waals surface area contributed by atoms with Gasteiger partial charge in [-0.25, -0.2) is 0 Å². The van der Waals surface area contributed by atoms with Crippen LogP contribution < -0.4 is 10.4 Å². The first-order valence-corrected chi connectivity index (χ1v) is 7.01. The lowest BCUT2D eigenvalue weighted by Crippen LogP contribution is -2.21. The number of furan rings is 1. The second-order valence-corrected chi connectivity index (χ2v) is 5.43. The van der Waals surface area contributed by atoms with Crippen LogP contribution in [0.1, 0.15) is 16.1 Å². The molecule has 0 radical (unpaired) electrons. The Balaban J connectivity index is 1.85. The fourth-order valence-corrected chi connectivity index (χ4v) is 2.57. The molecule has 0 saturated carbocycles. The van der Waals surface area contributed by atoms with Gasteiger partial charge in [-0.1, -0.05) is 24.3 Å². The third-order valence-electron chi connectivity index (χ3n) is 2.95. The molecule has 1 aliphatic heterocycles. The number of hydrogen-bond donors (Lipinski definition) is 1. The Bertz CT molecular complexity index is 804. The summed E-state index contributed by atoms with van der Waals surface area (Å²) in [5, 5.41) is 12.4. The van der Waals surface area contributed by atoms with E-state index in [1.807, 2.05) is 0 Å². The summed E-state index contributed by atoms with van der Waals surface area (Å²) in [6, 6.07) is 9.39. The van der Waals surface area contributed by atoms with Gasteiger partial charge in [-0.3, -0.25) is 14.9 Å². The van der Waals surface area contributed by atoms with Crippen LogP contribution >= 0.6 is 11.8 Å². The number of carbonyl (C=O) groups is 3. The van der Waals surface area contributed by atoms with E-state index in [0.717, 1.165) is 11.8 Å². The third kappa shape index (κ3) is 2.79. The Morgan fingerprint density at radius 1 is 1.14 bits per heavy atom. The van der Waals surface area contributed by atoms with Crippen molar-refractivity contribution in [3.8, 4) is 11.3 Å². The van der Waals surface area contributed by atoms with E-state index in [9.17, 15) is 19.5 Å². The van der Waals surface area contributed by atoms with E-state index in [1.54, 1.807) is 24.3 Å². The molecule has 1 aliphatic rings. The third-order valence-corrected chi connectivity index (χ3v) is 3.76. The van der Waals surface area contributed by atoms with Gasteiger partial charge in [-0.05, 0) is 29.5 Å². The minimum absolute atomic E-state index is 0.0789. The highest BCUT2D eigenvalue weighted by Crippen LogP contribution is 2.28. The van der Waals surface area contributed by atoms with E-state index >= 15 is 0 Å². The van der Waals surface area contributed by atoms with E-state index in [1.165, 1.54) is 18.2 Å². The van der Waals surface area contributed by atoms with Crippen molar-refractivity contribution in [2.45, 2.75) is 0 Å². The minimum atomic E-state index is -1.25. The lowest BCUT2D eigenvalue weighted by molar-refractivity contribution is -0.255. The number of benzene rings is 1. The van der Waals surface area contributed by atoms with Crippen LogP contribution in [-0.2, 0) is 4.79 Å². The molecule has 2 aromatic rings. The Hall–Kier alpha value is -2.80. The topological polar surface area (TPSA) is 99.4 Å². The molecule has 6 nitrogen and oxygen atoms in total. The number of nitrogens with one attached hydrogen (secondary N) is 1. The Kier molecular flexibility index (Phi) is 3.56. The number of hydrogen-bond acceptors (Lipinski definition) is 6. The van der Waals surface area contributed by atoms with Crippen LogP contribution in [0.3, 0.4) is 0 Å². The van der Waals surface area contributed by atoms with E-state index < -0.39 is 17.1 Å². The molecule has 0 spiro atoms. The highest BCUT2D eigenvalue weighted by Gasteiger charge is 2.25. The molecule has 0 bridgehead atoms. The highest BCUT2D eigenvalue weighted by atomic mass is 32.2. The molecule has 7 heteroatoms. The van der Waals surface area contributed by atoms with Gasteiger partial charge < -0.3 is 14.3 Å². The first-order valence-electron chi connectivity index (χ1n) is 6.19. The summed E-state index contributed by atoms with van der Waals surface area (Å²) in [4.78, 5) is 33.5. The molecule has 2 heterocycles. The predicted octanol–water partition coefficient (Wildman–Crippen LogP) is 1.63. The van der Waals surface area contributed by atoms with Crippen molar-refractivity contribution in [2.75, 3.05) is 0 Å². The highest BCUT2D eigenvalue weighted by molar-refractivity contribution is 8.18. The molecule has 0 unspecified atom stereocenters. The average Bonchev–Trinajstić information content (AvgIpc) is 3.06. The lowest BCUT2D eigenvalue weighted by atomic mass is 10.1. The number of thioether (sulfide) groups is 1. The molecule has 22 heavy (non-hydrogen) atoms. The molecule has 110 valence electrons. The van der Waals surface area contributed by atoms with Crippen LogP contribution in [-0.4, -0.2) is 17.1 Å². The van der Waals surface area contributed by atoms with Gasteiger partial charge in [0.15, 0.2) is 0 Å². The van der Waals surface area contributed by atoms with Gasteiger partial charge in [0.2, 0.25) is 0 Å². The van der Waals surface area contributed by atoms with Crippen molar-refractivity contribution in [1.29, 1.82) is 0 Å². The van der Waals surface area contributed by atoms with Crippen molar-refractivity contribution < 1.29 is 23.9 Å². The molecular formula is C15H8NO5S-. The summed E-state index contributed by atoms with van der Waals surface area (Å²) in [7, 11) is 0. The fourth-order valence-electron chi connectivity index (χ4n) is 1.91. The molecule has 1 aromatic carbocycles. The zero-order chi connectivity index (χ0) is 15.7. The Labute approximate surface area is 128 Å². The van der Waals surface area contributed by atoms with Gasteiger partial charge >= 0.3 is 0 Å². The van der Waals surface area contributed by atoms with Crippen LogP contribution in [0.4, 0.5) is 4.79 Å². The fraction of sp³-hybridized carbons (Fsp3) is 0. The lowest BCUT2D eigenvalue weighted by Gasteiger charge is -2.02. The zero-order valence-corrected chi connectivity index (χ0v) is 11.8. The van der Waals surface area contributed by atoms with Crippen LogP contribution in [0.25, 0.3) is 17.4 Å². The number of imide groups is 1. The number of carboxylic acid groups (broad SMARTS) is 1. The molecule has 1 saturated heterocycles. The largest absolute Gasteiger partial charge is 0.545 e. The molecule has 3 rings (SSSR count). The molecule has 1 fully saturated rings. The van der Waals surface area contributed by atoms with Crippen molar-refractivity contribution >= 4 is 35.0 Å². The quantitative estimate of drug-likeness (QED) is 0.864. The molecule has 1 aromatic heterocycles. The maximum Gasteiger partial charge on any atom is 0.290 e. The minimum Gasteiger partial charge on any atom is -0.545 e. The summed E-state index contributed by atoms with van der Waals surface area (Å²) in [5.41, 5.74) is 0.768. The van der Waals surface area contributed by atoms with E-state index in [0.29, 0.717) is 17.1 Å². The Morgan fingerprint density at radius 2 is 1.86 bits per heavy atom. The van der Waals surface area contributed by atoms with Gasteiger partial charge in [0.25, 0.3) is 11.1 Å². The predicted molar refractivity (Wildman–Crippen MR) is 77.6 cm³/mol. The van der Waals surface area contributed by atoms with Gasteiger partial charge in [-0.2, -0.15) is 0 Å². The summed E-state index contributed by atoms with van der Waals surface area (Å²) in [6.07, 6.45) is 1.48. The number of aromatic carboxylic acids is 1. The van der Waals surface area contributed by atoms with E-state index in [2.05, 4.69) is 5.32 Å². The summed E-state index contributed by atoms with van der Waals surface area (Å²) >= 11 is 0.808. The molecule has 2 amide bonds. The van der Waals surface area contributed by atoms with E-state index in [-0.39, 0.29) is 10.5 Å². The van der Waals surface area contributed by atoms with Crippen LogP contribution in [0.15, 0.2) is 45.7 Å². The normalized spacial score (nSPS) is 16.1. The SMILES string of the molecule is O=C1NC(=O)/C(=C\c2ccc(-c3ccc(C(=O)[O-])cc3)o2)S1. The monoisotopic (exact) mass is 314 g/mol. The second kappa shape index (κ2) is 5.53. The number of amides is 2. The Morgan fingerprint density at radius 3 is 2.45 bits per heavy atom. The molecule has 0 aliphatic carbocycles. The van der Waals surface area contributed by atoms with Gasteiger partial charge in [0.1, 0.15) is 11.5 Å². The van der Waals surface area contributed by atoms with Gasteiger partial charge in [0.05, 0.1) is 10.9 Å². The van der Waals surface area contributed by atoms with Crippen molar-refractivity contribution in [3.05, 3.63) is 52.6 Å².